The fourth-order valence-corrected chi connectivity index (χ4v) is 4.53. The van der Waals surface area contributed by atoms with Crippen LogP contribution in [0.15, 0.2) is 41.3 Å². The molecule has 4 rings (SSSR count). The molecule has 5 nitrogen and oxygen atoms in total. The number of carbonyl (C=O) groups excluding carboxylic acids is 1. The molecule has 0 radical (unpaired) electrons. The molecule has 7 heteroatoms. The summed E-state index contributed by atoms with van der Waals surface area (Å²) in [6, 6.07) is 12.0. The van der Waals surface area contributed by atoms with Gasteiger partial charge in [0.05, 0.1) is 22.8 Å². The summed E-state index contributed by atoms with van der Waals surface area (Å²) in [4.78, 5) is 12.8. The summed E-state index contributed by atoms with van der Waals surface area (Å²) < 4.78 is 5.87. The van der Waals surface area contributed by atoms with E-state index in [-0.39, 0.29) is 11.1 Å². The Hall–Kier alpha value is -2.64. The van der Waals surface area contributed by atoms with Gasteiger partial charge in [0, 0.05) is 5.56 Å². The molecule has 0 spiro atoms. The molecule has 0 bridgehead atoms. The molecule has 2 aliphatic rings. The van der Waals surface area contributed by atoms with Crippen molar-refractivity contribution in [1.29, 1.82) is 5.41 Å². The summed E-state index contributed by atoms with van der Waals surface area (Å²) in [5.41, 5.74) is 5.38. The number of thiocarbonyl (C=S) groups is 1. The minimum Gasteiger partial charge on any atom is -0.493 e. The van der Waals surface area contributed by atoms with Crippen LogP contribution in [0.25, 0.3) is 16.8 Å². The Balaban J connectivity index is 2.02. The van der Waals surface area contributed by atoms with E-state index in [1.165, 1.54) is 0 Å². The van der Waals surface area contributed by atoms with E-state index >= 15 is 0 Å². The second-order valence-corrected chi connectivity index (χ2v) is 7.54. The molecule has 1 fully saturated rings. The van der Waals surface area contributed by atoms with E-state index < -0.39 is 0 Å². The van der Waals surface area contributed by atoms with Crippen molar-refractivity contribution in [3.8, 4) is 16.9 Å². The third-order valence-corrected chi connectivity index (χ3v) is 5.86. The largest absolute Gasteiger partial charge is 0.493 e. The van der Waals surface area contributed by atoms with E-state index in [9.17, 15) is 4.79 Å². The number of carbonyl (C=O) groups is 1. The number of hydrogen-bond acceptors (Lipinski definition) is 5. The fraction of sp³-hybridized carbons (Fsp3) is 0.150. The van der Waals surface area contributed by atoms with Gasteiger partial charge < -0.3 is 15.4 Å². The maximum atomic E-state index is 11.8. The summed E-state index contributed by atoms with van der Waals surface area (Å²) in [5.74, 6) is 0.902. The maximum absolute atomic E-state index is 11.8. The topological polar surface area (TPSA) is 74.2 Å². The van der Waals surface area contributed by atoms with Gasteiger partial charge >= 0.3 is 0 Å². The molecule has 2 aliphatic heterocycles. The average Bonchev–Trinajstić information content (AvgIpc) is 3.17. The standard InChI is InChI=1S/C20H17N3O2S2/c1-3-25-13-9-12(11-7-5-4-6-8-11)10(2)14-15(13)18(21)22-16(14)17-19(26)23-20(24)27-17/h4-9H,3H2,1-2H3,(H2,21,22)(H,23,24,26)/b17-16+. The molecular weight excluding hydrogens is 378 g/mol. The molecule has 0 aromatic heterocycles. The van der Waals surface area contributed by atoms with Gasteiger partial charge in [-0.25, -0.2) is 0 Å². The van der Waals surface area contributed by atoms with E-state index in [4.69, 9.17) is 22.4 Å². The van der Waals surface area contributed by atoms with Gasteiger partial charge in [-0.15, -0.1) is 0 Å². The molecule has 2 aromatic carbocycles. The van der Waals surface area contributed by atoms with Crippen LogP contribution in [-0.2, 0) is 0 Å². The Morgan fingerprint density at radius 2 is 1.93 bits per heavy atom. The molecular formula is C20H17N3O2S2. The molecule has 2 aromatic rings. The number of ether oxygens (including phenoxy) is 1. The number of rotatable bonds is 3. The number of thioether (sulfide) groups is 1. The number of nitrogens with one attached hydrogen (secondary N) is 3. The van der Waals surface area contributed by atoms with Crippen LogP contribution in [0.5, 0.6) is 5.75 Å². The monoisotopic (exact) mass is 395 g/mol. The Bertz CT molecular complexity index is 1030. The molecule has 1 saturated heterocycles. The summed E-state index contributed by atoms with van der Waals surface area (Å²) in [6.45, 7) is 4.44. The highest BCUT2D eigenvalue weighted by atomic mass is 32.2. The van der Waals surface area contributed by atoms with E-state index in [1.807, 2.05) is 50.2 Å². The summed E-state index contributed by atoms with van der Waals surface area (Å²) >= 11 is 6.38. The first-order chi connectivity index (χ1) is 13.0. The number of hydrogen-bond donors (Lipinski definition) is 3. The average molecular weight is 396 g/mol. The predicted molar refractivity (Wildman–Crippen MR) is 113 cm³/mol. The van der Waals surface area contributed by atoms with Crippen LogP contribution in [0, 0.1) is 12.3 Å². The van der Waals surface area contributed by atoms with Gasteiger partial charge in [0.2, 0.25) is 0 Å². The highest BCUT2D eigenvalue weighted by Gasteiger charge is 2.35. The van der Waals surface area contributed by atoms with E-state index in [1.54, 1.807) is 0 Å². The van der Waals surface area contributed by atoms with Gasteiger partial charge in [-0.05, 0) is 48.4 Å². The van der Waals surface area contributed by atoms with Crippen molar-refractivity contribution in [2.45, 2.75) is 13.8 Å². The fourth-order valence-electron chi connectivity index (χ4n) is 3.40. The smallest absolute Gasteiger partial charge is 0.289 e. The third-order valence-electron chi connectivity index (χ3n) is 4.53. The Labute approximate surface area is 166 Å². The molecule has 3 N–H and O–H groups in total. The van der Waals surface area contributed by atoms with Crippen molar-refractivity contribution in [2.75, 3.05) is 6.61 Å². The SMILES string of the molecule is CCOc1cc(-c2ccccc2)c(C)c2c1C(=N)N/C2=C1/SC(=O)NC1=S. The first-order valence-electron chi connectivity index (χ1n) is 8.50. The van der Waals surface area contributed by atoms with Crippen LogP contribution in [0.2, 0.25) is 0 Å². The highest BCUT2D eigenvalue weighted by Crippen LogP contribution is 2.43. The van der Waals surface area contributed by atoms with E-state index in [0.717, 1.165) is 34.0 Å². The first-order valence-corrected chi connectivity index (χ1v) is 9.73. The van der Waals surface area contributed by atoms with Gasteiger partial charge in [0.15, 0.2) is 0 Å². The van der Waals surface area contributed by atoms with Gasteiger partial charge in [0.1, 0.15) is 16.6 Å². The molecule has 0 unspecified atom stereocenters. The van der Waals surface area contributed by atoms with Gasteiger partial charge in [-0.3, -0.25) is 10.2 Å². The molecule has 2 heterocycles. The van der Waals surface area contributed by atoms with Crippen molar-refractivity contribution in [2.24, 2.45) is 0 Å². The van der Waals surface area contributed by atoms with Crippen LogP contribution in [0.1, 0.15) is 23.6 Å². The number of amidine groups is 1. The first kappa shape index (κ1) is 17.8. The minimum absolute atomic E-state index is 0.203. The van der Waals surface area contributed by atoms with Crippen LogP contribution >= 0.6 is 24.0 Å². The van der Waals surface area contributed by atoms with Crippen LogP contribution in [0.4, 0.5) is 4.79 Å². The quantitative estimate of drug-likeness (QED) is 0.529. The zero-order valence-electron chi connectivity index (χ0n) is 14.8. The van der Waals surface area contributed by atoms with Crippen molar-refractivity contribution in [3.63, 3.8) is 0 Å². The lowest BCUT2D eigenvalue weighted by molar-refractivity contribution is 0.265. The highest BCUT2D eigenvalue weighted by molar-refractivity contribution is 8.19. The van der Waals surface area contributed by atoms with Crippen molar-refractivity contribution >= 4 is 45.7 Å². The third kappa shape index (κ3) is 2.93. The lowest BCUT2D eigenvalue weighted by Crippen LogP contribution is -2.19. The molecule has 136 valence electrons. The molecule has 0 aliphatic carbocycles. The molecule has 0 saturated carbocycles. The van der Waals surface area contributed by atoms with Gasteiger partial charge in [-0.2, -0.15) is 0 Å². The van der Waals surface area contributed by atoms with E-state index in [2.05, 4.69) is 10.6 Å². The lowest BCUT2D eigenvalue weighted by Gasteiger charge is -2.16. The lowest BCUT2D eigenvalue weighted by atomic mass is 9.91. The Kier molecular flexibility index (Phi) is 4.49. The molecule has 0 atom stereocenters. The predicted octanol–water partition coefficient (Wildman–Crippen LogP) is 4.44. The van der Waals surface area contributed by atoms with Crippen LogP contribution < -0.4 is 15.4 Å². The maximum Gasteiger partial charge on any atom is 0.289 e. The molecule has 27 heavy (non-hydrogen) atoms. The number of fused-ring (bicyclic) bond motifs is 1. The van der Waals surface area contributed by atoms with Crippen LogP contribution in [0.3, 0.4) is 0 Å². The summed E-state index contributed by atoms with van der Waals surface area (Å²) in [6.07, 6.45) is 0. The zero-order valence-corrected chi connectivity index (χ0v) is 16.4. The Morgan fingerprint density at radius 3 is 2.56 bits per heavy atom. The van der Waals surface area contributed by atoms with Gasteiger partial charge in [-0.1, -0.05) is 42.5 Å². The summed E-state index contributed by atoms with van der Waals surface area (Å²) in [7, 11) is 0. The minimum atomic E-state index is -0.203. The number of amides is 1. The van der Waals surface area contributed by atoms with Crippen molar-refractivity contribution in [1.82, 2.24) is 10.6 Å². The van der Waals surface area contributed by atoms with Gasteiger partial charge in [0.25, 0.3) is 5.24 Å². The van der Waals surface area contributed by atoms with Crippen molar-refractivity contribution < 1.29 is 9.53 Å². The normalized spacial score (nSPS) is 18.4. The van der Waals surface area contributed by atoms with Crippen molar-refractivity contribution in [3.05, 3.63) is 58.0 Å². The number of benzene rings is 2. The van der Waals surface area contributed by atoms with Crippen LogP contribution in [-0.4, -0.2) is 22.7 Å². The second kappa shape index (κ2) is 6.83. The summed E-state index contributed by atoms with van der Waals surface area (Å²) in [5, 5.41) is 14.0. The second-order valence-electron chi connectivity index (χ2n) is 6.14. The van der Waals surface area contributed by atoms with E-state index in [0.29, 0.717) is 33.5 Å². The zero-order chi connectivity index (χ0) is 19.1. The molecule has 1 amide bonds. The Morgan fingerprint density at radius 1 is 1.19 bits per heavy atom.